The van der Waals surface area contributed by atoms with Gasteiger partial charge in [0.15, 0.2) is 0 Å². The molecule has 1 aromatic heterocycles. The van der Waals surface area contributed by atoms with Gasteiger partial charge in [0, 0.05) is 32.0 Å². The van der Waals surface area contributed by atoms with Crippen molar-refractivity contribution in [2.45, 2.75) is 49.5 Å². The summed E-state index contributed by atoms with van der Waals surface area (Å²) in [6.45, 7) is 0.434. The van der Waals surface area contributed by atoms with Gasteiger partial charge in [-0.05, 0) is 37.0 Å². The van der Waals surface area contributed by atoms with E-state index in [0.717, 1.165) is 37.7 Å². The molecule has 31 heavy (non-hydrogen) atoms. The van der Waals surface area contributed by atoms with Crippen molar-refractivity contribution in [2.75, 3.05) is 13.6 Å². The molecule has 2 N–H and O–H groups in total. The quantitative estimate of drug-likeness (QED) is 0.673. The fourth-order valence-electron chi connectivity index (χ4n) is 3.48. The van der Waals surface area contributed by atoms with Crippen molar-refractivity contribution in [3.8, 4) is 0 Å². The highest BCUT2D eigenvalue weighted by molar-refractivity contribution is 7.90. The second-order valence-electron chi connectivity index (χ2n) is 7.63. The number of benzene rings is 1. The van der Waals surface area contributed by atoms with Gasteiger partial charge in [0.05, 0.1) is 11.1 Å². The summed E-state index contributed by atoms with van der Waals surface area (Å²) in [5.74, 6) is -0.236. The number of aromatic nitrogens is 2. The van der Waals surface area contributed by atoms with Crippen LogP contribution < -0.4 is 10.0 Å². The number of amides is 3. The maximum Gasteiger partial charge on any atom is 0.328 e. The van der Waals surface area contributed by atoms with Gasteiger partial charge in [-0.2, -0.15) is 0 Å². The highest BCUT2D eigenvalue weighted by atomic mass is 32.2. The van der Waals surface area contributed by atoms with Gasteiger partial charge in [0.1, 0.15) is 5.69 Å². The van der Waals surface area contributed by atoms with Crippen LogP contribution in [0.3, 0.4) is 0 Å². The zero-order chi connectivity index (χ0) is 22.3. The van der Waals surface area contributed by atoms with E-state index in [2.05, 4.69) is 20.0 Å². The van der Waals surface area contributed by atoms with Crippen molar-refractivity contribution in [3.05, 3.63) is 54.1 Å². The Balaban J connectivity index is 1.52. The second-order valence-corrected chi connectivity index (χ2v) is 9.31. The van der Waals surface area contributed by atoms with Crippen LogP contribution in [-0.2, 0) is 16.4 Å². The third kappa shape index (κ3) is 6.48. The molecule has 0 unspecified atom stereocenters. The molecule has 2 aromatic rings. The Bertz CT molecular complexity index is 990. The molecule has 3 rings (SSSR count). The van der Waals surface area contributed by atoms with Crippen LogP contribution in [0.4, 0.5) is 4.79 Å². The van der Waals surface area contributed by atoms with Gasteiger partial charge in [0.25, 0.3) is 15.9 Å². The fourth-order valence-corrected chi connectivity index (χ4v) is 4.40. The van der Waals surface area contributed by atoms with Crippen molar-refractivity contribution in [2.24, 2.45) is 0 Å². The molecule has 1 saturated carbocycles. The van der Waals surface area contributed by atoms with E-state index in [1.165, 1.54) is 35.6 Å². The maximum absolute atomic E-state index is 12.5. The minimum Gasteiger partial charge on any atom is -0.340 e. The van der Waals surface area contributed by atoms with Crippen molar-refractivity contribution >= 4 is 22.0 Å². The molecule has 1 aliphatic carbocycles. The molecular formula is C21H27N5O4S. The van der Waals surface area contributed by atoms with Gasteiger partial charge >= 0.3 is 6.03 Å². The van der Waals surface area contributed by atoms with Gasteiger partial charge in [-0.1, -0.05) is 31.4 Å². The van der Waals surface area contributed by atoms with Crippen LogP contribution in [0.5, 0.6) is 0 Å². The van der Waals surface area contributed by atoms with Crippen LogP contribution in [0.25, 0.3) is 0 Å². The summed E-state index contributed by atoms with van der Waals surface area (Å²) in [7, 11) is -2.28. The average Bonchev–Trinajstić information content (AvgIpc) is 2.78. The molecule has 0 atom stereocenters. The zero-order valence-electron chi connectivity index (χ0n) is 17.5. The largest absolute Gasteiger partial charge is 0.340 e. The van der Waals surface area contributed by atoms with Crippen LogP contribution in [0.15, 0.2) is 47.8 Å². The molecule has 0 aliphatic heterocycles. The van der Waals surface area contributed by atoms with E-state index in [0.29, 0.717) is 13.0 Å². The van der Waals surface area contributed by atoms with Gasteiger partial charge in [-0.25, -0.2) is 22.9 Å². The summed E-state index contributed by atoms with van der Waals surface area (Å²) in [6.07, 6.45) is 9.89. The van der Waals surface area contributed by atoms with Crippen molar-refractivity contribution in [1.29, 1.82) is 0 Å². The lowest BCUT2D eigenvalue weighted by atomic mass is 9.96. The molecule has 1 aliphatic rings. The van der Waals surface area contributed by atoms with Crippen LogP contribution >= 0.6 is 0 Å². The summed E-state index contributed by atoms with van der Waals surface area (Å²) in [5.41, 5.74) is 1.13. The first kappa shape index (κ1) is 22.7. The number of nitrogens with one attached hydrogen (secondary N) is 2. The Hall–Kier alpha value is -3.01. The molecule has 166 valence electrons. The van der Waals surface area contributed by atoms with Crippen LogP contribution in [-0.4, -0.2) is 54.9 Å². The maximum atomic E-state index is 12.5. The SMILES string of the molecule is CN(CCc1ccc(S(=O)(=O)NC(=O)NC2CCCCC2)cc1)C(=O)c1cnccn1. The highest BCUT2D eigenvalue weighted by Gasteiger charge is 2.21. The third-order valence-corrected chi connectivity index (χ3v) is 6.61. The first-order chi connectivity index (χ1) is 14.8. The van der Waals surface area contributed by atoms with Crippen LogP contribution in [0.1, 0.15) is 48.2 Å². The summed E-state index contributed by atoms with van der Waals surface area (Å²) in [4.78, 5) is 33.8. The van der Waals surface area contributed by atoms with E-state index < -0.39 is 16.1 Å². The lowest BCUT2D eigenvalue weighted by Crippen LogP contribution is -2.45. The lowest BCUT2D eigenvalue weighted by molar-refractivity contribution is 0.0790. The predicted molar refractivity (Wildman–Crippen MR) is 115 cm³/mol. The molecule has 9 nitrogen and oxygen atoms in total. The molecule has 0 spiro atoms. The number of likely N-dealkylation sites (N-methyl/N-ethyl adjacent to an activating group) is 1. The van der Waals surface area contributed by atoms with Gasteiger partial charge in [-0.3, -0.25) is 9.78 Å². The summed E-state index contributed by atoms with van der Waals surface area (Å²) in [5, 5.41) is 2.74. The number of carbonyl (C=O) groups is 2. The molecule has 1 heterocycles. The molecule has 0 bridgehead atoms. The Morgan fingerprint density at radius 3 is 2.45 bits per heavy atom. The molecule has 10 heteroatoms. The van der Waals surface area contributed by atoms with Gasteiger partial charge < -0.3 is 10.2 Å². The first-order valence-corrected chi connectivity index (χ1v) is 11.8. The normalized spacial score (nSPS) is 14.6. The Kier molecular flexibility index (Phi) is 7.56. The summed E-state index contributed by atoms with van der Waals surface area (Å²) >= 11 is 0. The molecule has 0 radical (unpaired) electrons. The smallest absolute Gasteiger partial charge is 0.328 e. The molecule has 0 saturated heterocycles. The number of sulfonamides is 1. The highest BCUT2D eigenvalue weighted by Crippen LogP contribution is 2.17. The predicted octanol–water partition coefficient (Wildman–Crippen LogP) is 2.11. The molecule has 1 aromatic carbocycles. The molecule has 3 amide bonds. The topological polar surface area (TPSA) is 121 Å². The summed E-state index contributed by atoms with van der Waals surface area (Å²) in [6, 6.07) is 5.59. The minimum absolute atomic E-state index is 0.0130. The fraction of sp³-hybridized carbons (Fsp3) is 0.429. The number of rotatable bonds is 7. The van der Waals surface area contributed by atoms with Gasteiger partial charge in [-0.15, -0.1) is 0 Å². The number of hydrogen-bond donors (Lipinski definition) is 2. The zero-order valence-corrected chi connectivity index (χ0v) is 18.3. The first-order valence-electron chi connectivity index (χ1n) is 10.3. The van der Waals surface area contributed by atoms with E-state index in [4.69, 9.17) is 0 Å². The number of hydrogen-bond acceptors (Lipinski definition) is 6. The van der Waals surface area contributed by atoms with Crippen molar-refractivity contribution < 1.29 is 18.0 Å². The van der Waals surface area contributed by atoms with Crippen LogP contribution in [0, 0.1) is 0 Å². The molecule has 1 fully saturated rings. The monoisotopic (exact) mass is 445 g/mol. The lowest BCUT2D eigenvalue weighted by Gasteiger charge is -2.22. The number of carbonyl (C=O) groups excluding carboxylic acids is 2. The second kappa shape index (κ2) is 10.3. The Morgan fingerprint density at radius 1 is 1.10 bits per heavy atom. The minimum atomic E-state index is -3.95. The van der Waals surface area contributed by atoms with Gasteiger partial charge in [0.2, 0.25) is 0 Å². The van der Waals surface area contributed by atoms with E-state index >= 15 is 0 Å². The Morgan fingerprint density at radius 2 is 1.81 bits per heavy atom. The van der Waals surface area contributed by atoms with E-state index in [1.807, 2.05) is 0 Å². The molecular weight excluding hydrogens is 418 g/mol. The number of nitrogens with zero attached hydrogens (tertiary/aromatic N) is 3. The standard InChI is InChI=1S/C21H27N5O4S/c1-26(20(27)19-15-22-12-13-23-19)14-11-16-7-9-18(10-8-16)31(29,30)25-21(28)24-17-5-3-2-4-6-17/h7-10,12-13,15,17H,2-6,11,14H2,1H3,(H2,24,25,28). The Labute approximate surface area is 182 Å². The van der Waals surface area contributed by atoms with E-state index in [-0.39, 0.29) is 22.5 Å². The van der Waals surface area contributed by atoms with E-state index in [9.17, 15) is 18.0 Å². The average molecular weight is 446 g/mol. The summed E-state index contributed by atoms with van der Waals surface area (Å²) < 4.78 is 27.0. The van der Waals surface area contributed by atoms with E-state index in [1.54, 1.807) is 19.2 Å². The van der Waals surface area contributed by atoms with Crippen molar-refractivity contribution in [1.82, 2.24) is 24.9 Å². The third-order valence-electron chi connectivity index (χ3n) is 5.27. The van der Waals surface area contributed by atoms with Crippen LogP contribution in [0.2, 0.25) is 0 Å². The number of urea groups is 1. The van der Waals surface area contributed by atoms with Crippen molar-refractivity contribution in [3.63, 3.8) is 0 Å².